The van der Waals surface area contributed by atoms with Crippen LogP contribution in [0.15, 0.2) is 30.3 Å². The minimum absolute atomic E-state index is 0.0324. The second-order valence-electron chi connectivity index (χ2n) is 12.7. The molecule has 0 unspecified atom stereocenters. The van der Waals surface area contributed by atoms with E-state index >= 15 is 0 Å². The van der Waals surface area contributed by atoms with E-state index in [1.807, 2.05) is 30.3 Å². The maximum Gasteiger partial charge on any atom is 0.410 e. The average Bonchev–Trinajstić information content (AvgIpc) is 2.83. The summed E-state index contributed by atoms with van der Waals surface area (Å²) in [5.74, 6) is -0.420. The van der Waals surface area contributed by atoms with E-state index in [-0.39, 0.29) is 52.4 Å². The molecule has 12 nitrogen and oxygen atoms in total. The molecule has 0 aliphatic heterocycles. The Morgan fingerprint density at radius 3 is 1.62 bits per heavy atom. The van der Waals surface area contributed by atoms with Gasteiger partial charge in [-0.05, 0) is 67.9 Å². The molecular formula is C30H50N4O8. The molecule has 0 bridgehead atoms. The quantitative estimate of drug-likeness (QED) is 0.194. The molecule has 1 aromatic carbocycles. The molecule has 0 aromatic heterocycles. The molecule has 42 heavy (non-hydrogen) atoms. The molecule has 0 aliphatic carbocycles. The fourth-order valence-corrected chi connectivity index (χ4v) is 3.28. The molecule has 0 aliphatic rings. The number of hydrogen-bond acceptors (Lipinski definition) is 9. The van der Waals surface area contributed by atoms with E-state index in [1.54, 1.807) is 62.3 Å². The number of carbonyl (C=O) groups excluding carboxylic acids is 4. The molecule has 0 spiro atoms. The third-order valence-electron chi connectivity index (χ3n) is 5.06. The lowest BCUT2D eigenvalue weighted by molar-refractivity contribution is -0.143. The van der Waals surface area contributed by atoms with Gasteiger partial charge < -0.3 is 39.4 Å². The van der Waals surface area contributed by atoms with Gasteiger partial charge in [0.1, 0.15) is 23.4 Å². The van der Waals surface area contributed by atoms with Gasteiger partial charge in [-0.2, -0.15) is 0 Å². The van der Waals surface area contributed by atoms with Crippen LogP contribution in [0.4, 0.5) is 14.4 Å². The first-order chi connectivity index (χ1) is 19.3. The summed E-state index contributed by atoms with van der Waals surface area (Å²) in [6.45, 7) is 16.9. The first-order valence-electron chi connectivity index (χ1n) is 14.2. The average molecular weight is 595 g/mol. The Balaban J connectivity index is 2.77. The third-order valence-corrected chi connectivity index (χ3v) is 5.06. The Morgan fingerprint density at radius 1 is 0.667 bits per heavy atom. The van der Waals surface area contributed by atoms with Crippen molar-refractivity contribution in [2.24, 2.45) is 0 Å². The van der Waals surface area contributed by atoms with Crippen LogP contribution in [0, 0.1) is 0 Å². The Morgan fingerprint density at radius 2 is 1.14 bits per heavy atom. The van der Waals surface area contributed by atoms with Crippen LogP contribution in [0.25, 0.3) is 0 Å². The number of carbonyl (C=O) groups is 4. The van der Waals surface area contributed by atoms with E-state index in [0.717, 1.165) is 5.56 Å². The number of esters is 1. The molecule has 12 heteroatoms. The number of alkyl carbamates (subject to hydrolysis) is 1. The number of hydrogen-bond donors (Lipinski definition) is 2. The van der Waals surface area contributed by atoms with Crippen molar-refractivity contribution in [1.29, 1.82) is 0 Å². The number of benzene rings is 1. The van der Waals surface area contributed by atoms with Gasteiger partial charge in [0.15, 0.2) is 0 Å². The maximum atomic E-state index is 13.0. The molecule has 0 saturated heterocycles. The number of rotatable bonds is 13. The highest BCUT2D eigenvalue weighted by Gasteiger charge is 2.26. The van der Waals surface area contributed by atoms with Crippen LogP contribution < -0.4 is 10.6 Å². The molecule has 2 N–H and O–H groups in total. The van der Waals surface area contributed by atoms with Crippen molar-refractivity contribution in [2.45, 2.75) is 85.7 Å². The second-order valence-corrected chi connectivity index (χ2v) is 12.7. The van der Waals surface area contributed by atoms with Crippen molar-refractivity contribution >= 4 is 24.2 Å². The smallest absolute Gasteiger partial charge is 0.410 e. The largest absolute Gasteiger partial charge is 0.460 e. The van der Waals surface area contributed by atoms with E-state index in [2.05, 4.69) is 10.6 Å². The Hall–Kier alpha value is -3.54. The summed E-state index contributed by atoms with van der Waals surface area (Å²) in [5, 5.41) is 5.62. The normalized spacial score (nSPS) is 11.7. The Kier molecular flexibility index (Phi) is 14.6. The topological polar surface area (TPSA) is 136 Å². The summed E-state index contributed by atoms with van der Waals surface area (Å²) >= 11 is 0. The van der Waals surface area contributed by atoms with Crippen molar-refractivity contribution in [3.05, 3.63) is 35.9 Å². The lowest BCUT2D eigenvalue weighted by Gasteiger charge is -2.31. The van der Waals surface area contributed by atoms with E-state index in [1.165, 1.54) is 9.80 Å². The molecule has 0 radical (unpaired) electrons. The molecule has 1 rings (SSSR count). The van der Waals surface area contributed by atoms with Gasteiger partial charge in [0, 0.05) is 39.3 Å². The minimum atomic E-state index is -0.738. The molecule has 1 aromatic rings. The van der Waals surface area contributed by atoms with Crippen LogP contribution in [0.3, 0.4) is 0 Å². The standard InChI is InChI=1S/C30H50N4O8/c1-28(2,3)40-25(36)32-16-18-34(27(38)42-30(7,8)9)20-19-33(26(37)41-29(4,5)6)17-15-31-21-24(35)39-22-23-13-11-10-12-14-23/h10-14,31H,15-22H2,1-9H3,(H,32,36). The SMILES string of the molecule is CC(C)(C)OC(=O)NCCN(CCN(CCNCC(=O)OCc1ccccc1)C(=O)OC(C)(C)C)C(=O)OC(C)(C)C. The van der Waals surface area contributed by atoms with Crippen LogP contribution in [0.2, 0.25) is 0 Å². The minimum Gasteiger partial charge on any atom is -0.460 e. The van der Waals surface area contributed by atoms with Gasteiger partial charge in [-0.25, -0.2) is 14.4 Å². The van der Waals surface area contributed by atoms with Crippen LogP contribution in [0.1, 0.15) is 67.9 Å². The van der Waals surface area contributed by atoms with Crippen LogP contribution in [0.5, 0.6) is 0 Å². The monoisotopic (exact) mass is 594 g/mol. The fraction of sp³-hybridized carbons (Fsp3) is 0.667. The van der Waals surface area contributed by atoms with Gasteiger partial charge in [-0.1, -0.05) is 30.3 Å². The molecule has 3 amide bonds. The number of amides is 3. The predicted octanol–water partition coefficient (Wildman–Crippen LogP) is 4.32. The van der Waals surface area contributed by atoms with Gasteiger partial charge >= 0.3 is 24.2 Å². The summed E-state index contributed by atoms with van der Waals surface area (Å²) in [6, 6.07) is 9.36. The summed E-state index contributed by atoms with van der Waals surface area (Å²) in [4.78, 5) is 52.9. The number of nitrogens with one attached hydrogen (secondary N) is 2. The van der Waals surface area contributed by atoms with Crippen molar-refractivity contribution in [2.75, 3.05) is 45.8 Å². The molecule has 0 saturated carbocycles. The molecule has 238 valence electrons. The highest BCUT2D eigenvalue weighted by atomic mass is 16.6. The second kappa shape index (κ2) is 16.8. The van der Waals surface area contributed by atoms with E-state index in [9.17, 15) is 19.2 Å². The lowest BCUT2D eigenvalue weighted by atomic mass is 10.2. The lowest BCUT2D eigenvalue weighted by Crippen LogP contribution is -2.48. The van der Waals surface area contributed by atoms with Crippen LogP contribution in [-0.4, -0.2) is 96.7 Å². The van der Waals surface area contributed by atoms with Gasteiger partial charge in [0.05, 0.1) is 6.54 Å². The fourth-order valence-electron chi connectivity index (χ4n) is 3.28. The summed E-state index contributed by atoms with van der Waals surface area (Å²) < 4.78 is 21.6. The zero-order valence-corrected chi connectivity index (χ0v) is 26.7. The van der Waals surface area contributed by atoms with Gasteiger partial charge in [-0.15, -0.1) is 0 Å². The van der Waals surface area contributed by atoms with E-state index in [0.29, 0.717) is 0 Å². The van der Waals surface area contributed by atoms with Crippen LogP contribution >= 0.6 is 0 Å². The summed E-state index contributed by atoms with van der Waals surface area (Å²) in [7, 11) is 0. The summed E-state index contributed by atoms with van der Waals surface area (Å²) in [6.07, 6.45) is -1.75. The Bertz CT molecular complexity index is 997. The first-order valence-corrected chi connectivity index (χ1v) is 14.2. The zero-order chi connectivity index (χ0) is 32.0. The Labute approximate surface area is 250 Å². The van der Waals surface area contributed by atoms with Crippen molar-refractivity contribution in [3.63, 3.8) is 0 Å². The molecule has 0 fully saturated rings. The van der Waals surface area contributed by atoms with E-state index < -0.39 is 41.1 Å². The van der Waals surface area contributed by atoms with Crippen LogP contribution in [-0.2, 0) is 30.3 Å². The zero-order valence-electron chi connectivity index (χ0n) is 26.7. The molecule has 0 atom stereocenters. The predicted molar refractivity (Wildman–Crippen MR) is 159 cm³/mol. The highest BCUT2D eigenvalue weighted by Crippen LogP contribution is 2.12. The highest BCUT2D eigenvalue weighted by molar-refractivity contribution is 5.72. The van der Waals surface area contributed by atoms with Gasteiger partial charge in [-0.3, -0.25) is 4.79 Å². The maximum absolute atomic E-state index is 13.0. The number of ether oxygens (including phenoxy) is 4. The van der Waals surface area contributed by atoms with Gasteiger partial charge in [0.25, 0.3) is 0 Å². The van der Waals surface area contributed by atoms with Crippen molar-refractivity contribution in [3.8, 4) is 0 Å². The van der Waals surface area contributed by atoms with Gasteiger partial charge in [0.2, 0.25) is 0 Å². The summed E-state index contributed by atoms with van der Waals surface area (Å²) in [5.41, 5.74) is -1.24. The number of nitrogens with zero attached hydrogens (tertiary/aromatic N) is 2. The van der Waals surface area contributed by atoms with E-state index in [4.69, 9.17) is 18.9 Å². The van der Waals surface area contributed by atoms with Crippen molar-refractivity contribution in [1.82, 2.24) is 20.4 Å². The molecule has 0 heterocycles. The first kappa shape index (κ1) is 36.5. The molecular weight excluding hydrogens is 544 g/mol. The third kappa shape index (κ3) is 18.0. The van der Waals surface area contributed by atoms with Crippen molar-refractivity contribution < 1.29 is 38.1 Å².